The number of carbonyl (C=O) groups excluding carboxylic acids is 1. The Labute approximate surface area is 303 Å². The standard InChI is InChI=1S/C38H64ClNO7Si2/c1-34(2,3)48(11,12)46-28-23-31(47-49(13,14)35(4,5)6)37(33(28)45-25-26-18-16-15-17-19-26)29(39)22-27-32(42-8)38(43-9,44-10)30(41)24-36(27,37)20-21-40-7/h15-19,28-29,31,33,40H,20-25H2,1-14H3/t28-,29+,31+,33-,36-,37-/m1/s1. The molecule has 6 atom stereocenters. The van der Waals surface area contributed by atoms with Gasteiger partial charge in [0, 0.05) is 37.9 Å². The molecule has 4 rings (SSSR count). The first kappa shape index (κ1) is 40.7. The van der Waals surface area contributed by atoms with Gasteiger partial charge in [-0.3, -0.25) is 4.79 Å². The van der Waals surface area contributed by atoms with E-state index in [0.717, 1.165) is 11.1 Å². The van der Waals surface area contributed by atoms with Crippen LogP contribution >= 0.6 is 11.6 Å². The minimum absolute atomic E-state index is 0.0337. The molecule has 0 heterocycles. The highest BCUT2D eigenvalue weighted by Crippen LogP contribution is 2.73. The van der Waals surface area contributed by atoms with Crippen LogP contribution < -0.4 is 5.32 Å². The summed E-state index contributed by atoms with van der Waals surface area (Å²) in [5, 5.41) is 2.84. The summed E-state index contributed by atoms with van der Waals surface area (Å²) in [4.78, 5) is 14.7. The van der Waals surface area contributed by atoms with E-state index in [1.54, 1.807) is 7.11 Å². The molecule has 49 heavy (non-hydrogen) atoms. The fourth-order valence-corrected chi connectivity index (χ4v) is 11.6. The summed E-state index contributed by atoms with van der Waals surface area (Å²) in [5.41, 5.74) is 0.395. The number of hydrogen-bond donors (Lipinski definition) is 1. The van der Waals surface area contributed by atoms with Gasteiger partial charge in [0.15, 0.2) is 22.4 Å². The molecule has 1 spiro atoms. The Hall–Kier alpha value is -1.09. The molecule has 1 aromatic rings. The highest BCUT2D eigenvalue weighted by molar-refractivity contribution is 6.74. The fourth-order valence-electron chi connectivity index (χ4n) is 8.27. The van der Waals surface area contributed by atoms with Gasteiger partial charge in [0.1, 0.15) is 0 Å². The summed E-state index contributed by atoms with van der Waals surface area (Å²) < 4.78 is 40.3. The number of rotatable bonds is 13. The lowest BCUT2D eigenvalue weighted by molar-refractivity contribution is -0.215. The largest absolute Gasteiger partial charge is 0.495 e. The topological polar surface area (TPSA) is 84.5 Å². The van der Waals surface area contributed by atoms with Crippen LogP contribution in [0.2, 0.25) is 36.3 Å². The number of ketones is 1. The molecule has 1 N–H and O–H groups in total. The zero-order chi connectivity index (χ0) is 36.8. The SMILES string of the molecule is CNCC[C@@]12CC(=O)C(OC)(OC)C(OC)=C1C[C@H](Cl)[C@]21[C@@H](O[Si](C)(C)C(C)(C)C)C[C@@H](O[Si](C)(C)C(C)(C)C)[C@H]1OCc1ccccc1. The van der Waals surface area contributed by atoms with E-state index in [1.165, 1.54) is 14.2 Å². The van der Waals surface area contributed by atoms with Crippen LogP contribution in [0, 0.1) is 10.8 Å². The van der Waals surface area contributed by atoms with Crippen molar-refractivity contribution in [2.45, 2.75) is 140 Å². The monoisotopic (exact) mass is 737 g/mol. The van der Waals surface area contributed by atoms with E-state index in [-0.39, 0.29) is 34.5 Å². The number of fused-ring (bicyclic) bond motifs is 2. The second kappa shape index (κ2) is 14.4. The molecular formula is C38H64ClNO7Si2. The average molecular weight is 739 g/mol. The molecule has 11 heteroatoms. The van der Waals surface area contributed by atoms with Crippen molar-refractivity contribution in [2.75, 3.05) is 34.9 Å². The maximum absolute atomic E-state index is 14.7. The molecule has 0 bridgehead atoms. The zero-order valence-electron chi connectivity index (χ0n) is 32.7. The van der Waals surface area contributed by atoms with Gasteiger partial charge in [-0.2, -0.15) is 0 Å². The van der Waals surface area contributed by atoms with Crippen molar-refractivity contribution in [3.63, 3.8) is 0 Å². The molecule has 0 aromatic heterocycles. The summed E-state index contributed by atoms with van der Waals surface area (Å²) in [6, 6.07) is 10.3. The summed E-state index contributed by atoms with van der Waals surface area (Å²) in [7, 11) is 1.82. The number of hydrogen-bond acceptors (Lipinski definition) is 8. The van der Waals surface area contributed by atoms with Gasteiger partial charge in [0.2, 0.25) is 5.78 Å². The van der Waals surface area contributed by atoms with Crippen molar-refractivity contribution in [2.24, 2.45) is 10.8 Å². The number of ether oxygens (including phenoxy) is 4. The lowest BCUT2D eigenvalue weighted by atomic mass is 9.54. The molecule has 0 amide bonds. The molecule has 1 aromatic carbocycles. The normalized spacial score (nSPS) is 30.7. The maximum Gasteiger partial charge on any atom is 0.288 e. The van der Waals surface area contributed by atoms with Crippen molar-refractivity contribution in [3.05, 3.63) is 47.2 Å². The van der Waals surface area contributed by atoms with E-state index in [0.29, 0.717) is 38.2 Å². The van der Waals surface area contributed by atoms with Crippen LogP contribution in [-0.4, -0.2) is 86.8 Å². The van der Waals surface area contributed by atoms with Crippen LogP contribution in [0.1, 0.15) is 72.8 Å². The molecule has 278 valence electrons. The highest BCUT2D eigenvalue weighted by Gasteiger charge is 2.78. The maximum atomic E-state index is 14.7. The number of methoxy groups -OCH3 is 3. The van der Waals surface area contributed by atoms with E-state index >= 15 is 0 Å². The molecule has 8 nitrogen and oxygen atoms in total. The van der Waals surface area contributed by atoms with Crippen LogP contribution in [0.25, 0.3) is 0 Å². The first-order valence-electron chi connectivity index (χ1n) is 17.9. The van der Waals surface area contributed by atoms with E-state index < -0.39 is 44.7 Å². The van der Waals surface area contributed by atoms with E-state index in [4.69, 9.17) is 39.4 Å². The lowest BCUT2D eigenvalue weighted by Gasteiger charge is -2.56. The average Bonchev–Trinajstić information content (AvgIpc) is 3.44. The smallest absolute Gasteiger partial charge is 0.288 e. The molecule has 0 unspecified atom stereocenters. The van der Waals surface area contributed by atoms with Crippen molar-refractivity contribution >= 4 is 34.0 Å². The van der Waals surface area contributed by atoms with Crippen LogP contribution in [0.15, 0.2) is 41.7 Å². The molecular weight excluding hydrogens is 674 g/mol. The van der Waals surface area contributed by atoms with Crippen molar-refractivity contribution in [3.8, 4) is 0 Å². The van der Waals surface area contributed by atoms with Crippen LogP contribution in [0.4, 0.5) is 0 Å². The predicted molar refractivity (Wildman–Crippen MR) is 202 cm³/mol. The van der Waals surface area contributed by atoms with Gasteiger partial charge in [0.25, 0.3) is 5.79 Å². The molecule has 0 saturated heterocycles. The predicted octanol–water partition coefficient (Wildman–Crippen LogP) is 8.21. The molecule has 3 aliphatic rings. The fraction of sp³-hybridized carbons (Fsp3) is 0.763. The Balaban J connectivity index is 2.08. The van der Waals surface area contributed by atoms with Gasteiger partial charge in [-0.15, -0.1) is 11.6 Å². The van der Waals surface area contributed by atoms with E-state index in [1.807, 2.05) is 25.2 Å². The summed E-state index contributed by atoms with van der Waals surface area (Å²) in [5.74, 6) is -1.45. The summed E-state index contributed by atoms with van der Waals surface area (Å²) in [6.45, 7) is 23.8. The van der Waals surface area contributed by atoms with Gasteiger partial charge in [-0.25, -0.2) is 0 Å². The minimum atomic E-state index is -2.40. The van der Waals surface area contributed by atoms with Gasteiger partial charge in [-0.1, -0.05) is 71.9 Å². The summed E-state index contributed by atoms with van der Waals surface area (Å²) in [6.07, 6.45) is 0.750. The molecule has 2 fully saturated rings. The number of alkyl halides is 1. The molecule has 0 radical (unpaired) electrons. The minimum Gasteiger partial charge on any atom is -0.495 e. The number of allylic oxidation sites excluding steroid dienone is 1. The zero-order valence-corrected chi connectivity index (χ0v) is 35.4. The van der Waals surface area contributed by atoms with E-state index in [9.17, 15) is 4.79 Å². The Kier molecular flexibility index (Phi) is 11.9. The number of benzene rings is 1. The quantitative estimate of drug-likeness (QED) is 0.123. The van der Waals surface area contributed by atoms with Crippen LogP contribution in [0.5, 0.6) is 0 Å². The third-order valence-electron chi connectivity index (χ3n) is 12.8. The third kappa shape index (κ3) is 6.69. The van der Waals surface area contributed by atoms with Crippen LogP contribution in [0.3, 0.4) is 0 Å². The first-order chi connectivity index (χ1) is 22.7. The Morgan fingerprint density at radius 3 is 2.00 bits per heavy atom. The van der Waals surface area contributed by atoms with Crippen molar-refractivity contribution < 1.29 is 32.6 Å². The number of carbonyl (C=O) groups is 1. The Morgan fingerprint density at radius 2 is 1.49 bits per heavy atom. The van der Waals surface area contributed by atoms with E-state index in [2.05, 4.69) is 85.2 Å². The van der Waals surface area contributed by atoms with Gasteiger partial charge in [0.05, 0.1) is 37.4 Å². The number of nitrogens with one attached hydrogen (secondary N) is 1. The lowest BCUT2D eigenvalue weighted by Crippen LogP contribution is -2.63. The first-order valence-corrected chi connectivity index (χ1v) is 24.1. The molecule has 0 aliphatic heterocycles. The summed E-state index contributed by atoms with van der Waals surface area (Å²) >= 11 is 7.92. The third-order valence-corrected chi connectivity index (χ3v) is 22.4. The van der Waals surface area contributed by atoms with Crippen LogP contribution in [-0.2, 0) is 39.2 Å². The van der Waals surface area contributed by atoms with Gasteiger partial charge in [-0.05, 0) is 73.8 Å². The van der Waals surface area contributed by atoms with Gasteiger partial charge < -0.3 is 33.1 Å². The Bertz CT molecular complexity index is 1350. The van der Waals surface area contributed by atoms with Crippen molar-refractivity contribution in [1.82, 2.24) is 5.32 Å². The molecule has 3 aliphatic carbocycles. The number of halogens is 1. The number of Topliss-reactive ketones (excluding diaryl/α,β-unsaturated/α-hetero) is 1. The van der Waals surface area contributed by atoms with Crippen molar-refractivity contribution in [1.29, 1.82) is 0 Å². The van der Waals surface area contributed by atoms with Gasteiger partial charge >= 0.3 is 0 Å². The second-order valence-electron chi connectivity index (χ2n) is 17.4. The molecule has 2 saturated carbocycles. The second-order valence-corrected chi connectivity index (χ2v) is 27.5. The Morgan fingerprint density at radius 1 is 0.918 bits per heavy atom. The highest BCUT2D eigenvalue weighted by atomic mass is 35.5.